The maximum Gasteiger partial charge on any atom is 0.188 e. The lowest BCUT2D eigenvalue weighted by Crippen LogP contribution is -2.09. The molecule has 0 radical (unpaired) electrons. The molecule has 3 rings (SSSR count). The van der Waals surface area contributed by atoms with Crippen molar-refractivity contribution in [1.29, 1.82) is 5.26 Å². The number of rotatable bonds is 5. The molecule has 0 saturated carbocycles. The summed E-state index contributed by atoms with van der Waals surface area (Å²) in [5.41, 5.74) is 2.64. The first-order valence-corrected chi connectivity index (χ1v) is 9.16. The lowest BCUT2D eigenvalue weighted by Gasteiger charge is -2.12. The number of hydrogen-bond acceptors (Lipinski definition) is 6. The van der Waals surface area contributed by atoms with Gasteiger partial charge in [0.2, 0.25) is 0 Å². The number of carbonyl (C=O) groups excluding carboxylic acids is 1. The zero-order valence-electron chi connectivity index (χ0n) is 14.9. The number of thiazole rings is 1. The molecule has 0 aliphatic heterocycles. The maximum absolute atomic E-state index is 12.4. The molecule has 0 amide bonds. The van der Waals surface area contributed by atoms with Crippen LogP contribution >= 0.6 is 11.3 Å². The van der Waals surface area contributed by atoms with E-state index in [2.05, 4.69) is 16.2 Å². The van der Waals surface area contributed by atoms with E-state index in [4.69, 9.17) is 9.78 Å². The van der Waals surface area contributed by atoms with Gasteiger partial charge in [0.05, 0.1) is 28.8 Å². The summed E-state index contributed by atoms with van der Waals surface area (Å²) in [7, 11) is 0. The van der Waals surface area contributed by atoms with Crippen LogP contribution in [0.2, 0.25) is 0 Å². The molecule has 0 aliphatic rings. The Morgan fingerprint density at radius 3 is 2.62 bits per heavy atom. The molecule has 0 N–H and O–H groups in total. The SMILES string of the molecule is CC(C)(C)c1cc(CC(=O)c2csc(Cc3ccc(C#N)cc3)n2)no1. The summed E-state index contributed by atoms with van der Waals surface area (Å²) in [4.78, 5) is 16.9. The van der Waals surface area contributed by atoms with Gasteiger partial charge in [0.1, 0.15) is 11.5 Å². The zero-order chi connectivity index (χ0) is 18.7. The number of nitrogens with zero attached hydrogens (tertiary/aromatic N) is 3. The van der Waals surface area contributed by atoms with Gasteiger partial charge < -0.3 is 4.52 Å². The summed E-state index contributed by atoms with van der Waals surface area (Å²) in [5, 5.41) is 15.5. The van der Waals surface area contributed by atoms with Gasteiger partial charge in [-0.1, -0.05) is 38.1 Å². The molecule has 0 saturated heterocycles. The number of Topliss-reactive ketones (excluding diaryl/α,β-unsaturated/α-hetero) is 1. The highest BCUT2D eigenvalue weighted by Gasteiger charge is 2.21. The summed E-state index contributed by atoms with van der Waals surface area (Å²) in [6, 6.07) is 11.3. The van der Waals surface area contributed by atoms with Crippen molar-refractivity contribution >= 4 is 17.1 Å². The van der Waals surface area contributed by atoms with Crippen molar-refractivity contribution in [2.45, 2.75) is 39.0 Å². The first-order chi connectivity index (χ1) is 12.3. The first-order valence-electron chi connectivity index (χ1n) is 8.28. The third-order valence-corrected chi connectivity index (χ3v) is 4.76. The molecule has 1 aromatic carbocycles. The van der Waals surface area contributed by atoms with Crippen molar-refractivity contribution in [1.82, 2.24) is 10.1 Å². The number of benzene rings is 1. The predicted octanol–water partition coefficient (Wildman–Crippen LogP) is 4.32. The minimum absolute atomic E-state index is 0.0684. The Hall–Kier alpha value is -2.78. The summed E-state index contributed by atoms with van der Waals surface area (Å²) >= 11 is 1.46. The molecule has 2 heterocycles. The summed E-state index contributed by atoms with van der Waals surface area (Å²) in [6.07, 6.45) is 0.821. The molecule has 0 bridgehead atoms. The minimum Gasteiger partial charge on any atom is -0.361 e. The van der Waals surface area contributed by atoms with Gasteiger partial charge in [0.15, 0.2) is 5.78 Å². The Labute approximate surface area is 156 Å². The van der Waals surface area contributed by atoms with Crippen molar-refractivity contribution in [2.75, 3.05) is 0 Å². The number of hydrogen-bond donors (Lipinski definition) is 0. The highest BCUT2D eigenvalue weighted by atomic mass is 32.1. The molecule has 5 nitrogen and oxygen atoms in total. The van der Waals surface area contributed by atoms with Crippen LogP contribution in [0.15, 0.2) is 40.2 Å². The number of aromatic nitrogens is 2. The first kappa shape index (κ1) is 18.0. The molecule has 2 aromatic heterocycles. The summed E-state index contributed by atoms with van der Waals surface area (Å²) in [6.45, 7) is 6.11. The Morgan fingerprint density at radius 2 is 2.00 bits per heavy atom. The van der Waals surface area contributed by atoms with Gasteiger partial charge in [-0.3, -0.25) is 4.79 Å². The van der Waals surface area contributed by atoms with Crippen LogP contribution in [-0.4, -0.2) is 15.9 Å². The maximum atomic E-state index is 12.4. The van der Waals surface area contributed by atoms with E-state index in [1.807, 2.05) is 39.0 Å². The van der Waals surface area contributed by atoms with Crippen LogP contribution in [0.3, 0.4) is 0 Å². The fraction of sp³-hybridized carbons (Fsp3) is 0.300. The van der Waals surface area contributed by atoms with E-state index in [0.717, 1.165) is 16.3 Å². The van der Waals surface area contributed by atoms with Gasteiger partial charge in [-0.05, 0) is 17.7 Å². The van der Waals surface area contributed by atoms with Crippen LogP contribution in [0.25, 0.3) is 0 Å². The van der Waals surface area contributed by atoms with E-state index < -0.39 is 0 Å². The Morgan fingerprint density at radius 1 is 1.27 bits per heavy atom. The molecular formula is C20H19N3O2S. The second kappa shape index (κ2) is 7.22. The minimum atomic E-state index is -0.136. The predicted molar refractivity (Wildman–Crippen MR) is 99.3 cm³/mol. The molecule has 3 aromatic rings. The van der Waals surface area contributed by atoms with Crippen LogP contribution in [-0.2, 0) is 18.3 Å². The second-order valence-corrected chi connectivity index (χ2v) is 8.09. The van der Waals surface area contributed by atoms with Gasteiger partial charge in [0.25, 0.3) is 0 Å². The second-order valence-electron chi connectivity index (χ2n) is 7.14. The number of carbonyl (C=O) groups is 1. The van der Waals surface area contributed by atoms with Crippen molar-refractivity contribution < 1.29 is 9.32 Å². The average molecular weight is 365 g/mol. The standard InChI is InChI=1S/C20H19N3O2S/c1-20(2,3)18-10-15(23-25-18)9-17(24)16-12-26-19(22-16)8-13-4-6-14(11-21)7-5-13/h4-7,10,12H,8-9H2,1-3H3. The summed E-state index contributed by atoms with van der Waals surface area (Å²) in [5.74, 6) is 0.696. The van der Waals surface area contributed by atoms with Crippen LogP contribution < -0.4 is 0 Å². The van der Waals surface area contributed by atoms with Gasteiger partial charge in [0, 0.05) is 23.3 Å². The lowest BCUT2D eigenvalue weighted by molar-refractivity contribution is 0.0986. The highest BCUT2D eigenvalue weighted by Crippen LogP contribution is 2.23. The van der Waals surface area contributed by atoms with E-state index in [9.17, 15) is 4.79 Å². The number of nitriles is 1. The lowest BCUT2D eigenvalue weighted by atomic mass is 9.93. The highest BCUT2D eigenvalue weighted by molar-refractivity contribution is 7.09. The molecule has 132 valence electrons. The third kappa shape index (κ3) is 4.24. The van der Waals surface area contributed by atoms with Crippen LogP contribution in [0.1, 0.15) is 58.8 Å². The van der Waals surface area contributed by atoms with Gasteiger partial charge >= 0.3 is 0 Å². The average Bonchev–Trinajstić information content (AvgIpc) is 3.25. The molecule has 0 fully saturated rings. The van der Waals surface area contributed by atoms with Crippen LogP contribution in [0.4, 0.5) is 0 Å². The molecule has 0 atom stereocenters. The molecule has 6 heteroatoms. The quantitative estimate of drug-likeness (QED) is 0.629. The van der Waals surface area contributed by atoms with Crippen molar-refractivity contribution in [3.8, 4) is 6.07 Å². The molecule has 26 heavy (non-hydrogen) atoms. The van der Waals surface area contributed by atoms with Crippen LogP contribution in [0, 0.1) is 11.3 Å². The third-order valence-electron chi connectivity index (χ3n) is 3.92. The zero-order valence-corrected chi connectivity index (χ0v) is 15.8. The van der Waals surface area contributed by atoms with E-state index >= 15 is 0 Å². The Kier molecular flexibility index (Phi) is 5.01. The normalized spacial score (nSPS) is 11.3. The van der Waals surface area contributed by atoms with E-state index in [-0.39, 0.29) is 17.6 Å². The monoisotopic (exact) mass is 365 g/mol. The van der Waals surface area contributed by atoms with Crippen molar-refractivity contribution in [3.05, 3.63) is 69.0 Å². The largest absolute Gasteiger partial charge is 0.361 e. The van der Waals surface area contributed by atoms with Gasteiger partial charge in [-0.2, -0.15) is 5.26 Å². The van der Waals surface area contributed by atoms with E-state index in [1.54, 1.807) is 17.5 Å². The fourth-order valence-corrected chi connectivity index (χ4v) is 3.23. The molecular weight excluding hydrogens is 346 g/mol. The molecule has 0 unspecified atom stereocenters. The number of ketones is 1. The van der Waals surface area contributed by atoms with E-state index in [1.165, 1.54) is 11.3 Å². The molecule has 0 aliphatic carbocycles. The van der Waals surface area contributed by atoms with Crippen molar-refractivity contribution in [2.24, 2.45) is 0 Å². The fourth-order valence-electron chi connectivity index (χ4n) is 2.40. The Balaban J connectivity index is 1.66. The van der Waals surface area contributed by atoms with Gasteiger partial charge in [-0.25, -0.2) is 4.98 Å². The van der Waals surface area contributed by atoms with Gasteiger partial charge in [-0.15, -0.1) is 11.3 Å². The molecule has 0 spiro atoms. The van der Waals surface area contributed by atoms with E-state index in [0.29, 0.717) is 23.4 Å². The smallest absolute Gasteiger partial charge is 0.188 e. The summed E-state index contributed by atoms with van der Waals surface area (Å²) < 4.78 is 5.33. The van der Waals surface area contributed by atoms with Crippen LogP contribution in [0.5, 0.6) is 0 Å². The topological polar surface area (TPSA) is 79.8 Å². The Bertz CT molecular complexity index is 956. The van der Waals surface area contributed by atoms with Crippen molar-refractivity contribution in [3.63, 3.8) is 0 Å².